The summed E-state index contributed by atoms with van der Waals surface area (Å²) in [6.45, 7) is 2.85. The third-order valence-electron chi connectivity index (χ3n) is 3.97. The molecule has 0 saturated carbocycles. The summed E-state index contributed by atoms with van der Waals surface area (Å²) in [4.78, 5) is 23.3. The molecule has 7 nitrogen and oxygen atoms in total. The second kappa shape index (κ2) is 7.76. The molecule has 0 radical (unpaired) electrons. The molecule has 8 heteroatoms. The van der Waals surface area contributed by atoms with Crippen LogP contribution < -0.4 is 10.2 Å². The molecule has 26 heavy (non-hydrogen) atoms. The minimum atomic E-state index is -0.125. The summed E-state index contributed by atoms with van der Waals surface area (Å²) in [5, 5.41) is 3.42. The average Bonchev–Trinajstić information content (AvgIpc) is 3.11. The number of nitrogens with one attached hydrogen (secondary N) is 1. The van der Waals surface area contributed by atoms with Gasteiger partial charge in [0.25, 0.3) is 5.22 Å². The second-order valence-electron chi connectivity index (χ2n) is 5.76. The number of carbonyl (C=O) groups excluding carboxylic acids is 1. The molecule has 0 bridgehead atoms. The Morgan fingerprint density at radius 1 is 1.19 bits per heavy atom. The van der Waals surface area contributed by atoms with Gasteiger partial charge in [-0.1, -0.05) is 23.9 Å². The number of hydrogen-bond acceptors (Lipinski definition) is 7. The number of oxazole rings is 1. The van der Waals surface area contributed by atoms with Crippen molar-refractivity contribution in [3.8, 4) is 0 Å². The molecule has 1 aliphatic rings. The first-order valence-electron chi connectivity index (χ1n) is 8.35. The quantitative estimate of drug-likeness (QED) is 0.692. The van der Waals surface area contributed by atoms with Gasteiger partial charge in [-0.25, -0.2) is 9.97 Å². The van der Waals surface area contributed by atoms with Crippen molar-refractivity contribution in [2.75, 3.05) is 42.3 Å². The van der Waals surface area contributed by atoms with Crippen molar-refractivity contribution in [3.63, 3.8) is 0 Å². The zero-order valence-corrected chi connectivity index (χ0v) is 14.9. The maximum Gasteiger partial charge on any atom is 0.257 e. The molecular weight excluding hydrogens is 352 g/mol. The van der Waals surface area contributed by atoms with Crippen LogP contribution in [-0.4, -0.2) is 47.9 Å². The Bertz CT molecular complexity index is 875. The van der Waals surface area contributed by atoms with Crippen molar-refractivity contribution in [1.29, 1.82) is 0 Å². The third kappa shape index (κ3) is 3.81. The van der Waals surface area contributed by atoms with Crippen molar-refractivity contribution in [2.24, 2.45) is 0 Å². The highest BCUT2D eigenvalue weighted by Gasteiger charge is 2.17. The lowest BCUT2D eigenvalue weighted by molar-refractivity contribution is -0.113. The van der Waals surface area contributed by atoms with Gasteiger partial charge in [0.15, 0.2) is 11.4 Å². The number of hydrogen-bond donors (Lipinski definition) is 1. The average molecular weight is 370 g/mol. The summed E-state index contributed by atoms with van der Waals surface area (Å²) in [6, 6.07) is 11.2. The van der Waals surface area contributed by atoms with Crippen LogP contribution in [0.25, 0.3) is 11.1 Å². The molecule has 4 rings (SSSR count). The van der Waals surface area contributed by atoms with Crippen LogP contribution in [0.2, 0.25) is 0 Å². The van der Waals surface area contributed by atoms with Gasteiger partial charge >= 0.3 is 0 Å². The summed E-state index contributed by atoms with van der Waals surface area (Å²) >= 11 is 1.27. The van der Waals surface area contributed by atoms with Gasteiger partial charge < -0.3 is 19.4 Å². The second-order valence-corrected chi connectivity index (χ2v) is 6.68. The van der Waals surface area contributed by atoms with E-state index in [9.17, 15) is 4.79 Å². The lowest BCUT2D eigenvalue weighted by Gasteiger charge is -2.29. The van der Waals surface area contributed by atoms with Gasteiger partial charge in [0.1, 0.15) is 5.52 Å². The summed E-state index contributed by atoms with van der Waals surface area (Å²) in [5.74, 6) is 0.861. The van der Waals surface area contributed by atoms with Crippen molar-refractivity contribution < 1.29 is 13.9 Å². The van der Waals surface area contributed by atoms with Gasteiger partial charge in [0, 0.05) is 19.3 Å². The molecule has 1 aromatic carbocycles. The number of anilines is 2. The minimum absolute atomic E-state index is 0.125. The SMILES string of the molecule is O=C(CSc1nc2ccccc2o1)Nc1cccnc1N1CCOCC1. The van der Waals surface area contributed by atoms with Crippen molar-refractivity contribution >= 4 is 40.3 Å². The lowest BCUT2D eigenvalue weighted by atomic mass is 10.3. The number of pyridine rings is 1. The van der Waals surface area contributed by atoms with Crippen LogP contribution in [0.15, 0.2) is 52.2 Å². The van der Waals surface area contributed by atoms with Crippen LogP contribution >= 0.6 is 11.8 Å². The number of nitrogens with zero attached hydrogens (tertiary/aromatic N) is 3. The summed E-state index contributed by atoms with van der Waals surface area (Å²) in [7, 11) is 0. The van der Waals surface area contributed by atoms with Gasteiger partial charge in [-0.2, -0.15) is 0 Å². The number of amides is 1. The van der Waals surface area contributed by atoms with Crippen LogP contribution in [0.4, 0.5) is 11.5 Å². The number of carbonyl (C=O) groups is 1. The number of aromatic nitrogens is 2. The molecular formula is C18H18N4O3S. The number of para-hydroxylation sites is 2. The molecule has 1 fully saturated rings. The summed E-state index contributed by atoms with van der Waals surface area (Å²) < 4.78 is 11.0. The number of benzene rings is 1. The number of ether oxygens (including phenoxy) is 1. The molecule has 3 aromatic rings. The van der Waals surface area contributed by atoms with Gasteiger partial charge in [0.05, 0.1) is 24.7 Å². The largest absolute Gasteiger partial charge is 0.431 e. The molecule has 0 aliphatic carbocycles. The van der Waals surface area contributed by atoms with E-state index in [1.165, 1.54) is 11.8 Å². The van der Waals surface area contributed by atoms with Crippen molar-refractivity contribution in [3.05, 3.63) is 42.6 Å². The van der Waals surface area contributed by atoms with E-state index in [-0.39, 0.29) is 11.7 Å². The van der Waals surface area contributed by atoms with E-state index >= 15 is 0 Å². The maximum absolute atomic E-state index is 12.4. The van der Waals surface area contributed by atoms with Gasteiger partial charge in [-0.3, -0.25) is 4.79 Å². The fourth-order valence-electron chi connectivity index (χ4n) is 2.75. The van der Waals surface area contributed by atoms with E-state index in [4.69, 9.17) is 9.15 Å². The Hall–Kier alpha value is -2.58. The first-order chi connectivity index (χ1) is 12.8. The fourth-order valence-corrected chi connectivity index (χ4v) is 3.39. The van der Waals surface area contributed by atoms with E-state index in [0.29, 0.717) is 24.1 Å². The number of rotatable bonds is 5. The monoisotopic (exact) mass is 370 g/mol. The molecule has 0 atom stereocenters. The number of morpholine rings is 1. The highest BCUT2D eigenvalue weighted by molar-refractivity contribution is 7.99. The normalized spacial score (nSPS) is 14.5. The first-order valence-corrected chi connectivity index (χ1v) is 9.34. The first kappa shape index (κ1) is 16.9. The van der Waals surface area contributed by atoms with Crippen LogP contribution in [0.3, 0.4) is 0 Å². The van der Waals surface area contributed by atoms with Crippen LogP contribution in [0.1, 0.15) is 0 Å². The van der Waals surface area contributed by atoms with Gasteiger partial charge in [-0.15, -0.1) is 0 Å². The standard InChI is InChI=1S/C18H18N4O3S/c23-16(12-26-18-21-13-4-1-2-6-15(13)25-18)20-14-5-3-7-19-17(14)22-8-10-24-11-9-22/h1-7H,8-12H2,(H,20,23). The zero-order valence-electron chi connectivity index (χ0n) is 14.1. The molecule has 2 aromatic heterocycles. The van der Waals surface area contributed by atoms with Crippen molar-refractivity contribution in [1.82, 2.24) is 9.97 Å². The Morgan fingerprint density at radius 3 is 2.88 bits per heavy atom. The molecule has 1 saturated heterocycles. The number of fused-ring (bicyclic) bond motifs is 1. The van der Waals surface area contributed by atoms with Crippen LogP contribution in [0, 0.1) is 0 Å². The predicted octanol–water partition coefficient (Wildman–Crippen LogP) is 2.79. The molecule has 3 heterocycles. The Balaban J connectivity index is 1.40. The predicted molar refractivity (Wildman–Crippen MR) is 101 cm³/mol. The van der Waals surface area contributed by atoms with Gasteiger partial charge in [0.2, 0.25) is 5.91 Å². The topological polar surface area (TPSA) is 80.5 Å². The van der Waals surface area contributed by atoms with Crippen LogP contribution in [-0.2, 0) is 9.53 Å². The number of thioether (sulfide) groups is 1. The van der Waals surface area contributed by atoms with Gasteiger partial charge in [-0.05, 0) is 24.3 Å². The molecule has 0 spiro atoms. The third-order valence-corrected chi connectivity index (χ3v) is 4.80. The highest BCUT2D eigenvalue weighted by atomic mass is 32.2. The Labute approximate surface area is 154 Å². The zero-order chi connectivity index (χ0) is 17.8. The van der Waals surface area contributed by atoms with Crippen molar-refractivity contribution in [2.45, 2.75) is 5.22 Å². The van der Waals surface area contributed by atoms with Crippen LogP contribution in [0.5, 0.6) is 0 Å². The van der Waals surface area contributed by atoms with E-state index in [0.717, 1.165) is 30.0 Å². The molecule has 1 aliphatic heterocycles. The maximum atomic E-state index is 12.4. The lowest BCUT2D eigenvalue weighted by Crippen LogP contribution is -2.37. The smallest absolute Gasteiger partial charge is 0.257 e. The Kier molecular flexibility index (Phi) is 5.03. The highest BCUT2D eigenvalue weighted by Crippen LogP contribution is 2.25. The van der Waals surface area contributed by atoms with E-state index < -0.39 is 0 Å². The van der Waals surface area contributed by atoms with E-state index in [1.54, 1.807) is 6.20 Å². The molecule has 0 unspecified atom stereocenters. The minimum Gasteiger partial charge on any atom is -0.431 e. The molecule has 134 valence electrons. The molecule has 1 N–H and O–H groups in total. The summed E-state index contributed by atoms with van der Waals surface area (Å²) in [5.41, 5.74) is 2.21. The Morgan fingerprint density at radius 2 is 2.04 bits per heavy atom. The fraction of sp³-hybridized carbons (Fsp3) is 0.278. The van der Waals surface area contributed by atoms with E-state index in [2.05, 4.69) is 20.2 Å². The van der Waals surface area contributed by atoms with E-state index in [1.807, 2.05) is 36.4 Å². The summed E-state index contributed by atoms with van der Waals surface area (Å²) in [6.07, 6.45) is 1.73. The molecule has 1 amide bonds.